The molecule has 0 N–H and O–H groups in total. The van der Waals surface area contributed by atoms with E-state index in [4.69, 9.17) is 4.42 Å². The average Bonchev–Trinajstić information content (AvgIpc) is 2.65. The van der Waals surface area contributed by atoms with Crippen molar-refractivity contribution in [2.45, 2.75) is 25.7 Å². The molecule has 0 aliphatic heterocycles. The van der Waals surface area contributed by atoms with Crippen LogP contribution in [0.25, 0.3) is 5.57 Å². The molecule has 2 aliphatic carbocycles. The Labute approximate surface area is 77.8 Å². The molecule has 1 heterocycles. The van der Waals surface area contributed by atoms with Crippen LogP contribution >= 0.6 is 0 Å². The van der Waals surface area contributed by atoms with Gasteiger partial charge < -0.3 is 4.42 Å². The van der Waals surface area contributed by atoms with Gasteiger partial charge >= 0.3 is 0 Å². The van der Waals surface area contributed by atoms with Gasteiger partial charge in [-0.1, -0.05) is 17.7 Å². The van der Waals surface area contributed by atoms with Gasteiger partial charge in [0, 0.05) is 12.0 Å². The molecule has 0 radical (unpaired) electrons. The van der Waals surface area contributed by atoms with Crippen molar-refractivity contribution in [2.24, 2.45) is 0 Å². The van der Waals surface area contributed by atoms with Gasteiger partial charge in [-0.25, -0.2) is 0 Å². The van der Waals surface area contributed by atoms with Crippen molar-refractivity contribution in [1.82, 2.24) is 0 Å². The molecule has 0 fully saturated rings. The number of rotatable bonds is 0. The van der Waals surface area contributed by atoms with Crippen molar-refractivity contribution >= 4 is 5.57 Å². The van der Waals surface area contributed by atoms with Crippen LogP contribution in [0, 0.1) is 0 Å². The lowest BCUT2D eigenvalue weighted by atomic mass is 9.85. The van der Waals surface area contributed by atoms with E-state index in [0.29, 0.717) is 0 Å². The summed E-state index contributed by atoms with van der Waals surface area (Å²) in [5, 5.41) is 0. The zero-order valence-corrected chi connectivity index (χ0v) is 7.55. The maximum absolute atomic E-state index is 5.44. The molecule has 2 aliphatic rings. The van der Waals surface area contributed by atoms with E-state index < -0.39 is 0 Å². The van der Waals surface area contributed by atoms with Crippen molar-refractivity contribution < 1.29 is 4.42 Å². The lowest BCUT2D eigenvalue weighted by molar-refractivity contribution is 0.503. The van der Waals surface area contributed by atoms with Crippen LogP contribution in [0.4, 0.5) is 0 Å². The molecule has 0 aromatic carbocycles. The van der Waals surface area contributed by atoms with Crippen LogP contribution < -0.4 is 0 Å². The third kappa shape index (κ3) is 0.998. The number of fused-ring (bicyclic) bond motifs is 2. The summed E-state index contributed by atoms with van der Waals surface area (Å²) in [4.78, 5) is 0. The lowest BCUT2D eigenvalue weighted by Gasteiger charge is -2.20. The van der Waals surface area contributed by atoms with E-state index in [1.807, 2.05) is 6.26 Å². The topological polar surface area (TPSA) is 13.1 Å². The minimum Gasteiger partial charge on any atom is -0.469 e. The first-order valence-corrected chi connectivity index (χ1v) is 4.90. The van der Waals surface area contributed by atoms with Crippen LogP contribution in [0.3, 0.4) is 0 Å². The third-order valence-electron chi connectivity index (χ3n) is 2.97. The Balaban J connectivity index is 2.18. The van der Waals surface area contributed by atoms with Gasteiger partial charge in [0.15, 0.2) is 0 Å². The van der Waals surface area contributed by atoms with Crippen LogP contribution in [0.1, 0.15) is 30.6 Å². The van der Waals surface area contributed by atoms with Crippen molar-refractivity contribution in [3.8, 4) is 0 Å². The Morgan fingerprint density at radius 1 is 1.15 bits per heavy atom. The summed E-state index contributed by atoms with van der Waals surface area (Å²) in [5.41, 5.74) is 4.38. The van der Waals surface area contributed by atoms with Gasteiger partial charge in [-0.15, -0.1) is 0 Å². The molecule has 66 valence electrons. The molecule has 0 saturated heterocycles. The zero-order chi connectivity index (χ0) is 8.67. The Kier molecular flexibility index (Phi) is 1.45. The molecule has 1 nitrogen and oxygen atoms in total. The number of allylic oxidation sites excluding steroid dienone is 4. The summed E-state index contributed by atoms with van der Waals surface area (Å²) in [6.45, 7) is 0. The van der Waals surface area contributed by atoms with Crippen LogP contribution in [0.15, 0.2) is 34.5 Å². The molecule has 3 rings (SSSR count). The largest absolute Gasteiger partial charge is 0.469 e. The first kappa shape index (κ1) is 7.19. The zero-order valence-electron chi connectivity index (χ0n) is 7.55. The van der Waals surface area contributed by atoms with Gasteiger partial charge in [-0.05, 0) is 30.9 Å². The van der Waals surface area contributed by atoms with Crippen LogP contribution in [-0.2, 0) is 6.42 Å². The predicted octanol–water partition coefficient (Wildman–Crippen LogP) is 3.33. The molecule has 1 aromatic rings. The van der Waals surface area contributed by atoms with Gasteiger partial charge in [0.05, 0.1) is 6.26 Å². The van der Waals surface area contributed by atoms with Gasteiger partial charge in [-0.3, -0.25) is 0 Å². The summed E-state index contributed by atoms with van der Waals surface area (Å²) >= 11 is 0. The van der Waals surface area contributed by atoms with Crippen LogP contribution in [0.2, 0.25) is 0 Å². The molecule has 0 saturated carbocycles. The van der Waals surface area contributed by atoms with E-state index in [-0.39, 0.29) is 0 Å². The lowest BCUT2D eigenvalue weighted by Crippen LogP contribution is -2.03. The van der Waals surface area contributed by atoms with Crippen molar-refractivity contribution in [3.05, 3.63) is 41.4 Å². The smallest absolute Gasteiger partial charge is 0.111 e. The Morgan fingerprint density at radius 3 is 3.15 bits per heavy atom. The second-order valence-corrected chi connectivity index (χ2v) is 3.72. The van der Waals surface area contributed by atoms with Gasteiger partial charge in [-0.2, -0.15) is 0 Å². The Hall–Kier alpha value is -1.24. The fourth-order valence-electron chi connectivity index (χ4n) is 2.29. The standard InChI is InChI=1S/C12H12O/c1-2-4-10-9(3-1)5-6-12-11(10)7-8-13-12/h2,4,7-8H,1,3,5-6H2. The second kappa shape index (κ2) is 2.63. The molecule has 0 amide bonds. The van der Waals surface area contributed by atoms with E-state index in [0.717, 1.165) is 6.42 Å². The molecule has 0 bridgehead atoms. The van der Waals surface area contributed by atoms with Gasteiger partial charge in [0.1, 0.15) is 5.76 Å². The fourth-order valence-corrected chi connectivity index (χ4v) is 2.29. The van der Waals surface area contributed by atoms with Crippen molar-refractivity contribution in [2.75, 3.05) is 0 Å². The van der Waals surface area contributed by atoms with Crippen LogP contribution in [-0.4, -0.2) is 0 Å². The molecule has 0 unspecified atom stereocenters. The van der Waals surface area contributed by atoms with E-state index in [1.54, 1.807) is 5.57 Å². The predicted molar refractivity (Wildman–Crippen MR) is 52.3 cm³/mol. The monoisotopic (exact) mass is 172 g/mol. The quantitative estimate of drug-likeness (QED) is 0.585. The number of furan rings is 1. The van der Waals surface area contributed by atoms with E-state index >= 15 is 0 Å². The van der Waals surface area contributed by atoms with Crippen LogP contribution in [0.5, 0.6) is 0 Å². The summed E-state index contributed by atoms with van der Waals surface area (Å²) < 4.78 is 5.44. The van der Waals surface area contributed by atoms with E-state index in [1.165, 1.54) is 36.2 Å². The van der Waals surface area contributed by atoms with Gasteiger partial charge in [0.25, 0.3) is 0 Å². The fraction of sp³-hybridized carbons (Fsp3) is 0.333. The molecular weight excluding hydrogens is 160 g/mol. The maximum Gasteiger partial charge on any atom is 0.111 e. The van der Waals surface area contributed by atoms with E-state index in [9.17, 15) is 0 Å². The third-order valence-corrected chi connectivity index (χ3v) is 2.97. The molecule has 0 atom stereocenters. The SMILES string of the molecule is C1=CC2=C(CC1)CCc1occc12. The minimum absolute atomic E-state index is 1.09. The highest BCUT2D eigenvalue weighted by atomic mass is 16.3. The van der Waals surface area contributed by atoms with Crippen molar-refractivity contribution in [1.29, 1.82) is 0 Å². The normalized spacial score (nSPS) is 20.0. The highest BCUT2D eigenvalue weighted by Crippen LogP contribution is 2.37. The summed E-state index contributed by atoms with van der Waals surface area (Å²) in [6, 6.07) is 2.10. The summed E-state index contributed by atoms with van der Waals surface area (Å²) in [6.07, 6.45) is 11.1. The highest BCUT2D eigenvalue weighted by molar-refractivity contribution is 5.80. The molecule has 1 heteroatoms. The first-order chi connectivity index (χ1) is 6.45. The maximum atomic E-state index is 5.44. The Bertz CT molecular complexity index is 393. The first-order valence-electron chi connectivity index (χ1n) is 4.90. The summed E-state index contributed by atoms with van der Waals surface area (Å²) in [7, 11) is 0. The highest BCUT2D eigenvalue weighted by Gasteiger charge is 2.20. The summed E-state index contributed by atoms with van der Waals surface area (Å²) in [5.74, 6) is 1.17. The molecular formula is C12H12O. The minimum atomic E-state index is 1.09. The molecule has 1 aromatic heterocycles. The van der Waals surface area contributed by atoms with E-state index in [2.05, 4.69) is 18.2 Å². The number of hydrogen-bond acceptors (Lipinski definition) is 1. The number of aryl methyl sites for hydroxylation is 1. The van der Waals surface area contributed by atoms with Gasteiger partial charge in [0.2, 0.25) is 0 Å². The number of hydrogen-bond donors (Lipinski definition) is 0. The molecule has 13 heavy (non-hydrogen) atoms. The average molecular weight is 172 g/mol. The van der Waals surface area contributed by atoms with Crippen molar-refractivity contribution in [3.63, 3.8) is 0 Å². The second-order valence-electron chi connectivity index (χ2n) is 3.72. The molecule has 0 spiro atoms. The Morgan fingerprint density at radius 2 is 2.15 bits per heavy atom.